The van der Waals surface area contributed by atoms with Gasteiger partial charge in [-0.2, -0.15) is 0 Å². The van der Waals surface area contributed by atoms with Crippen LogP contribution in [0.4, 0.5) is 0 Å². The van der Waals surface area contributed by atoms with E-state index in [1.54, 1.807) is 18.0 Å². The minimum absolute atomic E-state index is 0.0283. The van der Waals surface area contributed by atoms with E-state index in [0.29, 0.717) is 18.0 Å². The van der Waals surface area contributed by atoms with E-state index in [2.05, 4.69) is 45.8 Å². The Kier molecular flexibility index (Phi) is 10.1. The lowest BCUT2D eigenvalue weighted by Gasteiger charge is -2.16. The van der Waals surface area contributed by atoms with Gasteiger partial charge in [0.2, 0.25) is 5.91 Å². The third kappa shape index (κ3) is 7.11. The molecule has 0 aromatic carbocycles. The Morgan fingerprint density at radius 2 is 2.10 bits per heavy atom. The molecule has 1 aromatic heterocycles. The second-order valence-electron chi connectivity index (χ2n) is 6.81. The number of nitrogens with zero attached hydrogens (tertiary/aromatic N) is 2. The smallest absolute Gasteiger partial charge is 0.247 e. The van der Waals surface area contributed by atoms with Crippen LogP contribution in [0.3, 0.4) is 0 Å². The number of allylic oxidation sites excluding steroid dienone is 2. The Labute approximate surface area is 194 Å². The van der Waals surface area contributed by atoms with Crippen molar-refractivity contribution in [2.45, 2.75) is 52.5 Å². The molecule has 3 heterocycles. The van der Waals surface area contributed by atoms with Gasteiger partial charge in [0.05, 0.1) is 16.6 Å². The van der Waals surface area contributed by atoms with Crippen LogP contribution < -0.4 is 10.6 Å². The number of hydrogen-bond acceptors (Lipinski definition) is 5. The van der Waals surface area contributed by atoms with Crippen LogP contribution in [0.5, 0.6) is 0 Å². The molecule has 0 saturated heterocycles. The van der Waals surface area contributed by atoms with Crippen molar-refractivity contribution >= 4 is 35.1 Å². The van der Waals surface area contributed by atoms with Gasteiger partial charge < -0.3 is 10.6 Å². The highest BCUT2D eigenvalue weighted by molar-refractivity contribution is 8.03. The maximum Gasteiger partial charge on any atom is 0.247 e. The van der Waals surface area contributed by atoms with Crippen LogP contribution in [0.1, 0.15) is 47.5 Å². The fourth-order valence-corrected chi connectivity index (χ4v) is 4.23. The minimum Gasteiger partial charge on any atom is -0.348 e. The van der Waals surface area contributed by atoms with E-state index in [1.807, 2.05) is 39.8 Å². The molecular formula is C24H31ClN4OS. The Morgan fingerprint density at radius 1 is 1.32 bits per heavy atom. The number of hydrogen-bond donors (Lipinski definition) is 2. The molecule has 0 radical (unpaired) electrons. The molecule has 0 aliphatic carbocycles. The van der Waals surface area contributed by atoms with Crippen molar-refractivity contribution in [1.29, 1.82) is 0 Å². The maximum absolute atomic E-state index is 12.0. The van der Waals surface area contributed by atoms with Crippen molar-refractivity contribution in [2.75, 3.05) is 13.1 Å². The van der Waals surface area contributed by atoms with E-state index in [4.69, 9.17) is 11.6 Å². The van der Waals surface area contributed by atoms with Crippen molar-refractivity contribution in [1.82, 2.24) is 15.6 Å². The molecule has 0 atom stereocenters. The van der Waals surface area contributed by atoms with Gasteiger partial charge in [-0.3, -0.25) is 9.79 Å². The summed E-state index contributed by atoms with van der Waals surface area (Å²) in [4.78, 5) is 22.1. The summed E-state index contributed by atoms with van der Waals surface area (Å²) in [5, 5.41) is 7.86. The lowest BCUT2D eigenvalue weighted by molar-refractivity contribution is -0.116. The number of pyridine rings is 1. The van der Waals surface area contributed by atoms with E-state index in [1.165, 1.54) is 0 Å². The summed E-state index contributed by atoms with van der Waals surface area (Å²) < 4.78 is 0. The fourth-order valence-electron chi connectivity index (χ4n) is 3.17. The molecule has 0 saturated carbocycles. The van der Waals surface area contributed by atoms with E-state index in [-0.39, 0.29) is 5.91 Å². The number of nitrogens with one attached hydrogen (secondary N) is 2. The summed E-state index contributed by atoms with van der Waals surface area (Å²) >= 11 is 7.56. The summed E-state index contributed by atoms with van der Waals surface area (Å²) in [6.45, 7) is 11.3. The average molecular weight is 459 g/mol. The quantitative estimate of drug-likeness (QED) is 0.583. The minimum atomic E-state index is 0.0283. The number of carbonyl (C=O) groups excluding carboxylic acids is 1. The fraction of sp³-hybridized carbons (Fsp3) is 0.375. The van der Waals surface area contributed by atoms with Gasteiger partial charge in [0.15, 0.2) is 0 Å². The highest BCUT2D eigenvalue weighted by Gasteiger charge is 2.20. The molecule has 2 aliphatic heterocycles. The summed E-state index contributed by atoms with van der Waals surface area (Å²) in [6.07, 6.45) is 9.58. The lowest BCUT2D eigenvalue weighted by atomic mass is 10.0. The highest BCUT2D eigenvalue weighted by atomic mass is 35.5. The number of halogens is 1. The molecule has 3 rings (SSSR count). The van der Waals surface area contributed by atoms with Crippen molar-refractivity contribution < 1.29 is 4.79 Å². The third-order valence-electron chi connectivity index (χ3n) is 4.62. The van der Waals surface area contributed by atoms with Gasteiger partial charge in [-0.15, -0.1) is 0 Å². The molecule has 0 bridgehead atoms. The van der Waals surface area contributed by atoms with Gasteiger partial charge in [-0.1, -0.05) is 56.3 Å². The number of aliphatic imine (C=N–C) groups is 1. The Hall–Kier alpha value is -2.31. The topological polar surface area (TPSA) is 66.4 Å². The number of aromatic nitrogens is 1. The van der Waals surface area contributed by atoms with E-state index in [0.717, 1.165) is 51.1 Å². The van der Waals surface area contributed by atoms with Crippen LogP contribution in [0, 0.1) is 0 Å². The highest BCUT2D eigenvalue weighted by Crippen LogP contribution is 2.32. The summed E-state index contributed by atoms with van der Waals surface area (Å²) in [5.74, 6) is 0.893. The van der Waals surface area contributed by atoms with Crippen molar-refractivity contribution in [3.8, 4) is 0 Å². The van der Waals surface area contributed by atoms with Gasteiger partial charge in [-0.25, -0.2) is 4.98 Å². The van der Waals surface area contributed by atoms with Crippen LogP contribution in [-0.2, 0) is 4.79 Å². The van der Waals surface area contributed by atoms with Crippen LogP contribution in [0.2, 0.25) is 5.02 Å². The van der Waals surface area contributed by atoms with Crippen LogP contribution in [0.25, 0.3) is 0 Å². The van der Waals surface area contributed by atoms with Crippen molar-refractivity contribution in [2.24, 2.45) is 4.99 Å². The SMILES string of the molecule is CC.CCC1=C(/C=C(C)/C2=C(Sc3ccc(Cl)cn3)/C=C/CCN=C(C)N2)CNC1=O. The van der Waals surface area contributed by atoms with Crippen LogP contribution in [0.15, 0.2) is 73.9 Å². The Bertz CT molecular complexity index is 943. The number of amides is 1. The van der Waals surface area contributed by atoms with E-state index >= 15 is 0 Å². The first kappa shape index (κ1) is 25.0. The van der Waals surface area contributed by atoms with Gasteiger partial charge in [0, 0.05) is 29.8 Å². The second-order valence-corrected chi connectivity index (χ2v) is 8.31. The predicted molar refractivity (Wildman–Crippen MR) is 132 cm³/mol. The summed E-state index contributed by atoms with van der Waals surface area (Å²) in [5.41, 5.74) is 3.90. The van der Waals surface area contributed by atoms with Crippen molar-refractivity contribution in [3.63, 3.8) is 0 Å². The Balaban J connectivity index is 0.00000166. The second kappa shape index (κ2) is 12.5. The zero-order valence-electron chi connectivity index (χ0n) is 18.9. The molecule has 0 spiro atoms. The first-order valence-electron chi connectivity index (χ1n) is 10.6. The molecule has 166 valence electrons. The molecule has 2 aliphatic rings. The zero-order valence-corrected chi connectivity index (χ0v) is 20.5. The van der Waals surface area contributed by atoms with Gasteiger partial charge in [0.25, 0.3) is 0 Å². The largest absolute Gasteiger partial charge is 0.348 e. The molecule has 1 amide bonds. The number of thioether (sulfide) groups is 1. The number of amidine groups is 1. The number of carbonyl (C=O) groups is 1. The normalized spacial score (nSPS) is 20.5. The van der Waals surface area contributed by atoms with Gasteiger partial charge in [-0.05, 0) is 56.0 Å². The standard InChI is InChI=1S/C22H25ClN4OS.C2H6/c1-4-18-16(12-26-22(18)28)11-14(2)21-19(7-5-6-10-24-15(3)27-21)29-20-9-8-17(23)13-25-20;1-2/h5,7-9,11,13H,4,6,10,12H2,1-3H3,(H,24,27)(H,26,28);1-2H3/b7-5+,14-11+,21-19+;. The molecular weight excluding hydrogens is 428 g/mol. The third-order valence-corrected chi connectivity index (χ3v) is 5.86. The molecule has 7 heteroatoms. The summed E-state index contributed by atoms with van der Waals surface area (Å²) in [7, 11) is 0. The van der Waals surface area contributed by atoms with Crippen LogP contribution >= 0.6 is 23.4 Å². The molecule has 31 heavy (non-hydrogen) atoms. The lowest BCUT2D eigenvalue weighted by Crippen LogP contribution is -2.22. The monoisotopic (exact) mass is 458 g/mol. The molecule has 0 unspecified atom stereocenters. The van der Waals surface area contributed by atoms with Crippen LogP contribution in [-0.4, -0.2) is 29.8 Å². The molecule has 2 N–H and O–H groups in total. The number of rotatable bonds is 5. The maximum atomic E-state index is 12.0. The average Bonchev–Trinajstić information content (AvgIpc) is 3.15. The van der Waals surface area contributed by atoms with E-state index in [9.17, 15) is 4.79 Å². The molecule has 5 nitrogen and oxygen atoms in total. The molecule has 0 fully saturated rings. The van der Waals surface area contributed by atoms with Gasteiger partial charge in [0.1, 0.15) is 5.03 Å². The first-order chi connectivity index (χ1) is 15.0. The van der Waals surface area contributed by atoms with Gasteiger partial charge >= 0.3 is 0 Å². The predicted octanol–water partition coefficient (Wildman–Crippen LogP) is 5.82. The summed E-state index contributed by atoms with van der Waals surface area (Å²) in [6, 6.07) is 3.75. The zero-order chi connectivity index (χ0) is 22.8. The molecule has 1 aromatic rings. The Morgan fingerprint density at radius 3 is 2.77 bits per heavy atom. The van der Waals surface area contributed by atoms with Crippen molar-refractivity contribution in [3.05, 3.63) is 68.9 Å². The first-order valence-corrected chi connectivity index (χ1v) is 11.8. The van der Waals surface area contributed by atoms with E-state index < -0.39 is 0 Å².